The molecule has 0 amide bonds. The van der Waals surface area contributed by atoms with E-state index in [0.29, 0.717) is 10.6 Å². The van der Waals surface area contributed by atoms with Crippen molar-refractivity contribution >= 4 is 17.7 Å². The summed E-state index contributed by atoms with van der Waals surface area (Å²) in [6.07, 6.45) is 0. The Labute approximate surface area is 111 Å². The summed E-state index contributed by atoms with van der Waals surface area (Å²) in [5.74, 6) is -0.158. The van der Waals surface area contributed by atoms with Gasteiger partial charge < -0.3 is 10.1 Å². The van der Waals surface area contributed by atoms with Gasteiger partial charge in [-0.3, -0.25) is 4.79 Å². The van der Waals surface area contributed by atoms with Crippen molar-refractivity contribution in [3.8, 4) is 0 Å². The Hall–Kier alpha value is -1.07. The molecule has 5 heteroatoms. The monoisotopic (exact) mass is 271 g/mol. The molecule has 0 spiro atoms. The van der Waals surface area contributed by atoms with Gasteiger partial charge in [0, 0.05) is 16.7 Å². The first kappa shape index (κ1) is 15.0. The van der Waals surface area contributed by atoms with Gasteiger partial charge in [0.1, 0.15) is 11.9 Å². The summed E-state index contributed by atoms with van der Waals surface area (Å²) in [5.41, 5.74) is 0. The summed E-state index contributed by atoms with van der Waals surface area (Å²) >= 11 is 1.30. The lowest BCUT2D eigenvalue weighted by Crippen LogP contribution is -2.43. The highest BCUT2D eigenvalue weighted by Crippen LogP contribution is 2.22. The Morgan fingerprint density at radius 3 is 2.67 bits per heavy atom. The maximum atomic E-state index is 13.4. The third-order valence-corrected chi connectivity index (χ3v) is 3.40. The molecular formula is C13H18FNO2S. The maximum Gasteiger partial charge on any atom is 0.323 e. The first-order valence-electron chi connectivity index (χ1n) is 5.75. The molecule has 0 aliphatic carbocycles. The molecule has 0 radical (unpaired) electrons. The summed E-state index contributed by atoms with van der Waals surface area (Å²) < 4.78 is 18.2. The summed E-state index contributed by atoms with van der Waals surface area (Å²) in [7, 11) is 1.35. The van der Waals surface area contributed by atoms with E-state index in [1.807, 2.05) is 13.8 Å². The minimum absolute atomic E-state index is 0.162. The van der Waals surface area contributed by atoms with E-state index in [-0.39, 0.29) is 17.8 Å². The summed E-state index contributed by atoms with van der Waals surface area (Å²) in [5, 5.41) is 3.10. The molecule has 0 fully saturated rings. The van der Waals surface area contributed by atoms with Crippen LogP contribution in [0.4, 0.5) is 4.39 Å². The van der Waals surface area contributed by atoms with Gasteiger partial charge in [0.15, 0.2) is 0 Å². The summed E-state index contributed by atoms with van der Waals surface area (Å²) in [6.45, 7) is 3.90. The Bertz CT molecular complexity index is 398. The third-order valence-electron chi connectivity index (χ3n) is 2.26. The number of carbonyl (C=O) groups is 1. The normalized spacial score (nSPS) is 12.5. The number of hydrogen-bond acceptors (Lipinski definition) is 4. The Balaban J connectivity index is 2.62. The zero-order chi connectivity index (χ0) is 13.5. The molecule has 1 atom stereocenters. The summed E-state index contributed by atoms with van der Waals surface area (Å²) in [4.78, 5) is 12.1. The van der Waals surface area contributed by atoms with Crippen molar-refractivity contribution in [2.45, 2.75) is 30.8 Å². The highest BCUT2D eigenvalue weighted by Gasteiger charge is 2.20. The highest BCUT2D eigenvalue weighted by molar-refractivity contribution is 7.99. The van der Waals surface area contributed by atoms with Crippen LogP contribution < -0.4 is 5.32 Å². The lowest BCUT2D eigenvalue weighted by atomic mass is 10.3. The minimum atomic E-state index is -0.431. The Morgan fingerprint density at radius 2 is 2.11 bits per heavy atom. The molecule has 1 aromatic rings. The second kappa shape index (κ2) is 7.38. The van der Waals surface area contributed by atoms with Gasteiger partial charge >= 0.3 is 5.97 Å². The number of carbonyl (C=O) groups excluding carboxylic acids is 1. The molecule has 0 aromatic heterocycles. The second-order valence-corrected chi connectivity index (χ2v) is 5.20. The van der Waals surface area contributed by atoms with Gasteiger partial charge in [-0.1, -0.05) is 26.0 Å². The molecule has 0 saturated heterocycles. The molecule has 0 aliphatic heterocycles. The van der Waals surface area contributed by atoms with E-state index >= 15 is 0 Å². The molecule has 1 unspecified atom stereocenters. The van der Waals surface area contributed by atoms with Gasteiger partial charge in [0.25, 0.3) is 0 Å². The van der Waals surface area contributed by atoms with Crippen LogP contribution in [0.25, 0.3) is 0 Å². The van der Waals surface area contributed by atoms with Gasteiger partial charge in [-0.15, -0.1) is 11.8 Å². The maximum absolute atomic E-state index is 13.4. The van der Waals surface area contributed by atoms with Crippen LogP contribution in [0.2, 0.25) is 0 Å². The molecule has 0 saturated carbocycles. The average Bonchev–Trinajstić information content (AvgIpc) is 2.34. The molecule has 3 nitrogen and oxygen atoms in total. The van der Waals surface area contributed by atoms with Gasteiger partial charge in [0.05, 0.1) is 7.11 Å². The first-order valence-corrected chi connectivity index (χ1v) is 6.74. The molecule has 1 aromatic carbocycles. The minimum Gasteiger partial charge on any atom is -0.468 e. The van der Waals surface area contributed by atoms with Crippen LogP contribution in [0.15, 0.2) is 29.2 Å². The second-order valence-electron chi connectivity index (χ2n) is 4.14. The van der Waals surface area contributed by atoms with E-state index in [4.69, 9.17) is 4.74 Å². The van der Waals surface area contributed by atoms with Crippen molar-refractivity contribution < 1.29 is 13.9 Å². The van der Waals surface area contributed by atoms with E-state index in [1.165, 1.54) is 24.9 Å². The third kappa shape index (κ3) is 4.66. The van der Waals surface area contributed by atoms with Crippen LogP contribution in [0.5, 0.6) is 0 Å². The number of benzene rings is 1. The molecule has 1 N–H and O–H groups in total. The van der Waals surface area contributed by atoms with Gasteiger partial charge in [-0.05, 0) is 12.1 Å². The van der Waals surface area contributed by atoms with Gasteiger partial charge in [-0.2, -0.15) is 0 Å². The van der Waals surface area contributed by atoms with Crippen LogP contribution in [-0.4, -0.2) is 30.9 Å². The Morgan fingerprint density at radius 1 is 1.44 bits per heavy atom. The fourth-order valence-corrected chi connectivity index (χ4v) is 2.42. The molecule has 0 heterocycles. The Kier molecular flexibility index (Phi) is 6.15. The zero-order valence-corrected chi connectivity index (χ0v) is 11.6. The number of esters is 1. The zero-order valence-electron chi connectivity index (χ0n) is 10.8. The first-order chi connectivity index (χ1) is 8.54. The number of ether oxygens (including phenoxy) is 1. The van der Waals surface area contributed by atoms with Crippen molar-refractivity contribution in [3.05, 3.63) is 30.1 Å². The molecule has 18 heavy (non-hydrogen) atoms. The van der Waals surface area contributed by atoms with Crippen molar-refractivity contribution in [1.29, 1.82) is 0 Å². The van der Waals surface area contributed by atoms with E-state index in [1.54, 1.807) is 18.2 Å². The molecule has 0 aliphatic rings. The predicted octanol–water partition coefficient (Wildman–Crippen LogP) is 2.46. The van der Waals surface area contributed by atoms with Crippen LogP contribution >= 0.6 is 11.8 Å². The van der Waals surface area contributed by atoms with Gasteiger partial charge in [-0.25, -0.2) is 4.39 Å². The number of nitrogens with one attached hydrogen (secondary N) is 1. The molecule has 100 valence electrons. The van der Waals surface area contributed by atoms with Crippen molar-refractivity contribution in [1.82, 2.24) is 5.32 Å². The van der Waals surface area contributed by atoms with Crippen LogP contribution in [0.1, 0.15) is 13.8 Å². The van der Waals surface area contributed by atoms with E-state index in [9.17, 15) is 9.18 Å². The van der Waals surface area contributed by atoms with Crippen molar-refractivity contribution in [2.75, 3.05) is 12.9 Å². The largest absolute Gasteiger partial charge is 0.468 e. The fourth-order valence-electron chi connectivity index (χ4n) is 1.46. The lowest BCUT2D eigenvalue weighted by molar-refractivity contribution is -0.142. The summed E-state index contributed by atoms with van der Waals surface area (Å²) in [6, 6.07) is 6.25. The number of hydrogen-bond donors (Lipinski definition) is 1. The lowest BCUT2D eigenvalue weighted by Gasteiger charge is -2.18. The van der Waals surface area contributed by atoms with E-state index in [0.717, 1.165) is 0 Å². The number of methoxy groups -OCH3 is 1. The number of thioether (sulfide) groups is 1. The molecule has 0 bridgehead atoms. The molecule has 1 rings (SSSR count). The number of rotatable bonds is 6. The van der Waals surface area contributed by atoms with Crippen molar-refractivity contribution in [2.24, 2.45) is 0 Å². The van der Waals surface area contributed by atoms with E-state index in [2.05, 4.69) is 5.32 Å². The standard InChI is InChI=1S/C13H18FNO2S/c1-9(2)15-11(13(16)17-3)8-18-12-7-5-4-6-10(12)14/h4-7,9,11,15H,8H2,1-3H3. The fraction of sp³-hybridized carbons (Fsp3) is 0.462. The van der Waals surface area contributed by atoms with Crippen LogP contribution in [-0.2, 0) is 9.53 Å². The van der Waals surface area contributed by atoms with Gasteiger partial charge in [0.2, 0.25) is 0 Å². The van der Waals surface area contributed by atoms with Crippen LogP contribution in [0.3, 0.4) is 0 Å². The van der Waals surface area contributed by atoms with E-state index < -0.39 is 6.04 Å². The topological polar surface area (TPSA) is 38.3 Å². The van der Waals surface area contributed by atoms with Crippen molar-refractivity contribution in [3.63, 3.8) is 0 Å². The molecular weight excluding hydrogens is 253 g/mol. The van der Waals surface area contributed by atoms with Crippen LogP contribution in [0, 0.1) is 5.82 Å². The highest BCUT2D eigenvalue weighted by atomic mass is 32.2. The quantitative estimate of drug-likeness (QED) is 0.637. The number of halogens is 1. The smallest absolute Gasteiger partial charge is 0.323 e. The average molecular weight is 271 g/mol. The SMILES string of the molecule is COC(=O)C(CSc1ccccc1F)NC(C)C. The predicted molar refractivity (Wildman–Crippen MR) is 71.2 cm³/mol.